The first-order valence-corrected chi connectivity index (χ1v) is 11.5. The molecule has 0 atom stereocenters. The number of esters is 1. The van der Waals surface area contributed by atoms with Crippen LogP contribution in [0.25, 0.3) is 6.08 Å². The molecule has 1 amide bonds. The fourth-order valence-electron chi connectivity index (χ4n) is 3.31. The molecule has 182 valence electrons. The average molecular weight is 474 g/mol. The third kappa shape index (κ3) is 9.01. The minimum atomic E-state index is -0.395. The number of methoxy groups -OCH3 is 1. The summed E-state index contributed by atoms with van der Waals surface area (Å²) in [6.07, 6.45) is 4.25. The molecule has 0 aliphatic carbocycles. The zero-order valence-corrected chi connectivity index (χ0v) is 20.2. The van der Waals surface area contributed by atoms with Crippen LogP contribution in [-0.4, -0.2) is 50.7 Å². The first-order chi connectivity index (χ1) is 17.0. The van der Waals surface area contributed by atoms with E-state index in [-0.39, 0.29) is 5.91 Å². The van der Waals surface area contributed by atoms with Gasteiger partial charge >= 0.3 is 5.97 Å². The van der Waals surface area contributed by atoms with Crippen LogP contribution in [-0.2, 0) is 27.2 Å². The maximum atomic E-state index is 12.5. The van der Waals surface area contributed by atoms with Gasteiger partial charge in [0.2, 0.25) is 5.91 Å². The molecule has 0 unspecified atom stereocenters. The summed E-state index contributed by atoms with van der Waals surface area (Å²) in [7, 11) is 3.18. The monoisotopic (exact) mass is 473 g/mol. The molecule has 0 bridgehead atoms. The van der Waals surface area contributed by atoms with Crippen LogP contribution in [0, 0.1) is 0 Å². The Hall–Kier alpha value is -4.06. The van der Waals surface area contributed by atoms with Crippen LogP contribution < -0.4 is 9.47 Å². The Morgan fingerprint density at radius 3 is 2.00 bits per heavy atom. The Morgan fingerprint density at radius 1 is 0.800 bits per heavy atom. The van der Waals surface area contributed by atoms with Gasteiger partial charge < -0.3 is 19.1 Å². The van der Waals surface area contributed by atoms with Gasteiger partial charge in [-0.2, -0.15) is 0 Å². The normalized spacial score (nSPS) is 10.7. The van der Waals surface area contributed by atoms with Gasteiger partial charge in [0.05, 0.1) is 13.5 Å². The van der Waals surface area contributed by atoms with Gasteiger partial charge in [-0.05, 0) is 53.5 Å². The lowest BCUT2D eigenvalue weighted by Gasteiger charge is -2.17. The molecule has 6 nitrogen and oxygen atoms in total. The van der Waals surface area contributed by atoms with Gasteiger partial charge in [0, 0.05) is 19.7 Å². The molecular weight excluding hydrogens is 442 g/mol. The highest BCUT2D eigenvalue weighted by molar-refractivity contribution is 5.86. The quantitative estimate of drug-likeness (QED) is 0.219. The molecule has 3 aromatic rings. The van der Waals surface area contributed by atoms with Crippen LogP contribution in [0.15, 0.2) is 84.9 Å². The Morgan fingerprint density at radius 2 is 1.40 bits per heavy atom. The highest BCUT2D eigenvalue weighted by Crippen LogP contribution is 2.15. The van der Waals surface area contributed by atoms with E-state index in [1.54, 1.807) is 11.0 Å². The Labute approximate surface area is 206 Å². The van der Waals surface area contributed by atoms with E-state index in [0.717, 1.165) is 23.3 Å². The molecule has 0 saturated carbocycles. The van der Waals surface area contributed by atoms with Crippen molar-refractivity contribution in [3.05, 3.63) is 102 Å². The molecule has 0 fully saturated rings. The molecule has 0 radical (unpaired) electrons. The van der Waals surface area contributed by atoms with Crippen LogP contribution in [0.5, 0.6) is 11.5 Å². The fourth-order valence-corrected chi connectivity index (χ4v) is 3.31. The lowest BCUT2D eigenvalue weighted by Crippen LogP contribution is -2.30. The maximum absolute atomic E-state index is 12.5. The standard InChI is InChI=1S/C29H31NO5/c1-30(19-18-23-6-4-3-5-7-23)28(31)22-25-10-15-27(16-11-25)35-21-20-34-26-13-8-24(9-14-26)12-17-29(32)33-2/h3-17H,18-22H2,1-2H3/b17-12+. The van der Waals surface area contributed by atoms with Crippen molar-refractivity contribution in [2.24, 2.45) is 0 Å². The van der Waals surface area contributed by atoms with Crippen LogP contribution in [0.2, 0.25) is 0 Å². The van der Waals surface area contributed by atoms with Crippen LogP contribution in [0.1, 0.15) is 16.7 Å². The summed E-state index contributed by atoms with van der Waals surface area (Å²) in [5, 5.41) is 0. The van der Waals surface area contributed by atoms with Gasteiger partial charge in [0.15, 0.2) is 0 Å². The van der Waals surface area contributed by atoms with Crippen molar-refractivity contribution < 1.29 is 23.8 Å². The predicted molar refractivity (Wildman–Crippen MR) is 136 cm³/mol. The fraction of sp³-hybridized carbons (Fsp3) is 0.241. The molecule has 0 aliphatic rings. The number of benzene rings is 3. The number of hydrogen-bond acceptors (Lipinski definition) is 5. The minimum absolute atomic E-state index is 0.0924. The van der Waals surface area contributed by atoms with Crippen LogP contribution in [0.3, 0.4) is 0 Å². The number of ether oxygens (including phenoxy) is 3. The molecule has 0 aliphatic heterocycles. The zero-order chi connectivity index (χ0) is 24.9. The summed E-state index contributed by atoms with van der Waals surface area (Å²) in [5.41, 5.74) is 3.05. The van der Waals surface area contributed by atoms with Crippen molar-refractivity contribution in [3.8, 4) is 11.5 Å². The molecular formula is C29H31NO5. The number of nitrogens with zero attached hydrogens (tertiary/aromatic N) is 1. The van der Waals surface area contributed by atoms with E-state index >= 15 is 0 Å². The summed E-state index contributed by atoms with van der Waals surface area (Å²) in [5.74, 6) is 1.14. The number of amides is 1. The van der Waals surface area contributed by atoms with E-state index in [9.17, 15) is 9.59 Å². The smallest absolute Gasteiger partial charge is 0.330 e. The second-order valence-electron chi connectivity index (χ2n) is 7.99. The zero-order valence-electron chi connectivity index (χ0n) is 20.2. The summed E-state index contributed by atoms with van der Waals surface area (Å²) in [6, 6.07) is 25.1. The van der Waals surface area contributed by atoms with Crippen molar-refractivity contribution in [1.29, 1.82) is 0 Å². The average Bonchev–Trinajstić information content (AvgIpc) is 2.90. The molecule has 0 heterocycles. The number of hydrogen-bond donors (Lipinski definition) is 0. The lowest BCUT2D eigenvalue weighted by molar-refractivity contribution is -0.134. The first kappa shape index (κ1) is 25.6. The van der Waals surface area contributed by atoms with Gasteiger partial charge in [-0.3, -0.25) is 4.79 Å². The number of likely N-dealkylation sites (N-methyl/N-ethyl adjacent to an activating group) is 1. The number of rotatable bonds is 12. The molecule has 3 aromatic carbocycles. The van der Waals surface area contributed by atoms with Gasteiger partial charge in [0.25, 0.3) is 0 Å². The third-order valence-electron chi connectivity index (χ3n) is 5.40. The Bertz CT molecular complexity index is 1090. The molecule has 0 N–H and O–H groups in total. The van der Waals surface area contributed by atoms with E-state index in [2.05, 4.69) is 16.9 Å². The SMILES string of the molecule is COC(=O)/C=C/c1ccc(OCCOc2ccc(CC(=O)N(C)CCc3ccccc3)cc2)cc1. The van der Waals surface area contributed by atoms with E-state index in [1.807, 2.05) is 73.8 Å². The molecule has 35 heavy (non-hydrogen) atoms. The van der Waals surface area contributed by atoms with Crippen LogP contribution in [0.4, 0.5) is 0 Å². The van der Waals surface area contributed by atoms with Gasteiger partial charge in [0.1, 0.15) is 24.7 Å². The van der Waals surface area contributed by atoms with Gasteiger partial charge in [-0.25, -0.2) is 4.79 Å². The highest BCUT2D eigenvalue weighted by atomic mass is 16.5. The topological polar surface area (TPSA) is 65.1 Å². The minimum Gasteiger partial charge on any atom is -0.490 e. The molecule has 3 rings (SSSR count). The summed E-state index contributed by atoms with van der Waals surface area (Å²) in [4.78, 5) is 25.4. The second kappa shape index (κ2) is 13.6. The van der Waals surface area contributed by atoms with E-state index in [4.69, 9.17) is 9.47 Å². The molecule has 0 saturated heterocycles. The summed E-state index contributed by atoms with van der Waals surface area (Å²) in [6.45, 7) is 1.48. The number of carbonyl (C=O) groups is 2. The van der Waals surface area contributed by atoms with Crippen molar-refractivity contribution in [1.82, 2.24) is 4.90 Å². The molecule has 0 spiro atoms. The van der Waals surface area contributed by atoms with Gasteiger partial charge in [-0.1, -0.05) is 54.6 Å². The predicted octanol–water partition coefficient (Wildman–Crippen LogP) is 4.57. The molecule has 0 aromatic heterocycles. The van der Waals surface area contributed by atoms with Crippen molar-refractivity contribution >= 4 is 18.0 Å². The number of carbonyl (C=O) groups excluding carboxylic acids is 2. The van der Waals surface area contributed by atoms with E-state index in [0.29, 0.717) is 31.9 Å². The third-order valence-corrected chi connectivity index (χ3v) is 5.40. The van der Waals surface area contributed by atoms with E-state index < -0.39 is 5.97 Å². The summed E-state index contributed by atoms with van der Waals surface area (Å²) >= 11 is 0. The van der Waals surface area contributed by atoms with Gasteiger partial charge in [-0.15, -0.1) is 0 Å². The highest BCUT2D eigenvalue weighted by Gasteiger charge is 2.10. The first-order valence-electron chi connectivity index (χ1n) is 11.5. The van der Waals surface area contributed by atoms with Crippen molar-refractivity contribution in [3.63, 3.8) is 0 Å². The van der Waals surface area contributed by atoms with Crippen molar-refractivity contribution in [2.45, 2.75) is 12.8 Å². The van der Waals surface area contributed by atoms with Crippen molar-refractivity contribution in [2.75, 3.05) is 33.9 Å². The largest absolute Gasteiger partial charge is 0.490 e. The van der Waals surface area contributed by atoms with Crippen LogP contribution >= 0.6 is 0 Å². The maximum Gasteiger partial charge on any atom is 0.330 e. The molecule has 6 heteroatoms. The second-order valence-corrected chi connectivity index (χ2v) is 7.99. The Balaban J connectivity index is 1.36. The lowest BCUT2D eigenvalue weighted by atomic mass is 10.1. The Kier molecular flexibility index (Phi) is 9.93. The summed E-state index contributed by atoms with van der Waals surface area (Å²) < 4.78 is 16.0. The van der Waals surface area contributed by atoms with E-state index in [1.165, 1.54) is 18.7 Å².